The topological polar surface area (TPSA) is 26.3 Å². The molecule has 0 aliphatic rings. The van der Waals surface area contributed by atoms with Crippen LogP contribution >= 0.6 is 0 Å². The van der Waals surface area contributed by atoms with Crippen LogP contribution in [0.2, 0.25) is 0 Å². The van der Waals surface area contributed by atoms with Gasteiger partial charge in [-0.15, -0.1) is 0 Å². The van der Waals surface area contributed by atoms with Crippen molar-refractivity contribution >= 4 is 5.97 Å². The predicted molar refractivity (Wildman–Crippen MR) is 91.6 cm³/mol. The summed E-state index contributed by atoms with van der Waals surface area (Å²) in [7, 11) is 4.30. The highest BCUT2D eigenvalue weighted by molar-refractivity contribution is 5.86. The van der Waals surface area contributed by atoms with Gasteiger partial charge in [-0.3, -0.25) is 0 Å². The fourth-order valence-corrected chi connectivity index (χ4v) is 2.27. The molecule has 0 saturated carbocycles. The lowest BCUT2D eigenvalue weighted by Gasteiger charge is -2.29. The van der Waals surface area contributed by atoms with Gasteiger partial charge in [-0.25, -0.2) is 4.79 Å². The lowest BCUT2D eigenvalue weighted by atomic mass is 9.97. The Morgan fingerprint density at radius 3 is 2.30 bits per heavy atom. The monoisotopic (exact) mass is 339 g/mol. The highest BCUT2D eigenvalue weighted by Crippen LogP contribution is 2.20. The second-order valence-electron chi connectivity index (χ2n) is 6.78. The molecule has 1 atom stereocenters. The summed E-state index contributed by atoms with van der Waals surface area (Å²) in [5, 5.41) is 0. The van der Waals surface area contributed by atoms with E-state index in [2.05, 4.69) is 58.8 Å². The molecule has 1 aromatic carbocycles. The Hall–Kier alpha value is -1.32. The number of carbonyl (C=O) groups excluding carboxylic acids is 1. The van der Waals surface area contributed by atoms with Crippen LogP contribution in [0.1, 0.15) is 44.2 Å². The molecule has 0 heterocycles. The Morgan fingerprint density at radius 2 is 1.83 bits per heavy atom. The Bertz CT molecular complexity index is 509. The Morgan fingerprint density at radius 1 is 1.26 bits per heavy atom. The van der Waals surface area contributed by atoms with E-state index in [1.165, 1.54) is 11.1 Å². The van der Waals surface area contributed by atoms with Gasteiger partial charge >= 0.3 is 5.97 Å². The molecule has 0 saturated heterocycles. The van der Waals surface area contributed by atoms with Gasteiger partial charge in [-0.1, -0.05) is 44.7 Å². The quantitative estimate of drug-likeness (QED) is 0.399. The molecule has 1 aromatic rings. The van der Waals surface area contributed by atoms with Crippen molar-refractivity contribution in [1.29, 1.82) is 0 Å². The molecular formula is C19H30ClNO2. The SMILES string of the molecule is C=C(C)C(=O)OCC[N+](C)(C)Cc1ccc(C(C)CC)cc1.[Cl-]. The third kappa shape index (κ3) is 7.67. The highest BCUT2D eigenvalue weighted by atomic mass is 35.5. The van der Waals surface area contributed by atoms with Crippen LogP contribution in [0.3, 0.4) is 0 Å². The number of benzene rings is 1. The van der Waals surface area contributed by atoms with Crippen LogP contribution in [0.25, 0.3) is 0 Å². The average molecular weight is 340 g/mol. The molecule has 0 amide bonds. The van der Waals surface area contributed by atoms with Gasteiger partial charge < -0.3 is 21.6 Å². The average Bonchev–Trinajstić information content (AvgIpc) is 2.46. The van der Waals surface area contributed by atoms with Crippen molar-refractivity contribution in [3.8, 4) is 0 Å². The largest absolute Gasteiger partial charge is 1.00 e. The number of likely N-dealkylation sites (N-methyl/N-ethyl adjacent to an activating group) is 1. The van der Waals surface area contributed by atoms with E-state index in [0.717, 1.165) is 24.0 Å². The molecule has 0 fully saturated rings. The second-order valence-corrected chi connectivity index (χ2v) is 6.78. The number of ether oxygens (including phenoxy) is 1. The van der Waals surface area contributed by atoms with Crippen LogP contribution in [-0.2, 0) is 16.1 Å². The minimum absolute atomic E-state index is 0. The van der Waals surface area contributed by atoms with Gasteiger partial charge in [0, 0.05) is 11.1 Å². The lowest BCUT2D eigenvalue weighted by molar-refractivity contribution is -0.903. The molecule has 0 aliphatic carbocycles. The summed E-state index contributed by atoms with van der Waals surface area (Å²) < 4.78 is 5.97. The third-order valence-electron chi connectivity index (χ3n) is 4.05. The molecular weight excluding hydrogens is 310 g/mol. The summed E-state index contributed by atoms with van der Waals surface area (Å²) >= 11 is 0. The molecule has 3 nitrogen and oxygen atoms in total. The van der Waals surface area contributed by atoms with E-state index >= 15 is 0 Å². The maximum atomic E-state index is 11.4. The van der Waals surface area contributed by atoms with Gasteiger partial charge in [0.2, 0.25) is 0 Å². The van der Waals surface area contributed by atoms with Gasteiger partial charge in [-0.05, 0) is 24.8 Å². The second kappa shape index (κ2) is 9.74. The zero-order valence-corrected chi connectivity index (χ0v) is 15.8. The predicted octanol–water partition coefficient (Wildman–Crippen LogP) is 0.900. The minimum Gasteiger partial charge on any atom is -1.00 e. The van der Waals surface area contributed by atoms with E-state index in [1.807, 2.05) is 0 Å². The first-order valence-electron chi connectivity index (χ1n) is 7.98. The normalized spacial score (nSPS) is 12.2. The van der Waals surface area contributed by atoms with E-state index in [0.29, 0.717) is 18.1 Å². The van der Waals surface area contributed by atoms with Gasteiger partial charge in [0.25, 0.3) is 0 Å². The van der Waals surface area contributed by atoms with E-state index in [4.69, 9.17) is 4.74 Å². The van der Waals surface area contributed by atoms with Gasteiger partial charge in [-0.2, -0.15) is 0 Å². The summed E-state index contributed by atoms with van der Waals surface area (Å²) in [6, 6.07) is 8.87. The number of hydrogen-bond acceptors (Lipinski definition) is 2. The Labute approximate surface area is 147 Å². The minimum atomic E-state index is -0.307. The van der Waals surface area contributed by atoms with Gasteiger partial charge in [0.1, 0.15) is 19.7 Å². The molecule has 1 rings (SSSR count). The summed E-state index contributed by atoms with van der Waals surface area (Å²) in [5.41, 5.74) is 3.15. The summed E-state index contributed by atoms with van der Waals surface area (Å²) in [6.07, 6.45) is 1.16. The van der Waals surface area contributed by atoms with Crippen molar-refractivity contribution in [3.63, 3.8) is 0 Å². The van der Waals surface area contributed by atoms with Crippen molar-refractivity contribution < 1.29 is 26.4 Å². The lowest BCUT2D eigenvalue weighted by Crippen LogP contribution is -3.00. The molecule has 1 unspecified atom stereocenters. The highest BCUT2D eigenvalue weighted by Gasteiger charge is 2.17. The first-order chi connectivity index (χ1) is 10.2. The van der Waals surface area contributed by atoms with E-state index in [1.54, 1.807) is 6.92 Å². The molecule has 0 bridgehead atoms. The first kappa shape index (κ1) is 21.7. The van der Waals surface area contributed by atoms with Crippen LogP contribution in [0.15, 0.2) is 36.4 Å². The number of nitrogens with zero attached hydrogens (tertiary/aromatic N) is 1. The summed E-state index contributed by atoms with van der Waals surface area (Å²) in [6.45, 7) is 11.8. The third-order valence-corrected chi connectivity index (χ3v) is 4.05. The molecule has 4 heteroatoms. The van der Waals surface area contributed by atoms with Crippen LogP contribution in [0.4, 0.5) is 0 Å². The van der Waals surface area contributed by atoms with Crippen molar-refractivity contribution in [2.24, 2.45) is 0 Å². The fraction of sp³-hybridized carbons (Fsp3) is 0.526. The first-order valence-corrected chi connectivity index (χ1v) is 7.98. The Balaban J connectivity index is 0.00000484. The van der Waals surface area contributed by atoms with Gasteiger partial charge in [0.15, 0.2) is 0 Å². The molecule has 130 valence electrons. The standard InChI is InChI=1S/C19H30NO2.ClH/c1-7-16(4)18-10-8-17(9-11-18)14-20(5,6)12-13-22-19(21)15(2)3;/h8-11,16H,2,7,12-14H2,1,3-6H3;1H/q+1;/p-1. The summed E-state index contributed by atoms with van der Waals surface area (Å²) in [4.78, 5) is 11.4. The number of halogens is 1. The van der Waals surface area contributed by atoms with Crippen molar-refractivity contribution in [2.75, 3.05) is 27.2 Å². The zero-order valence-electron chi connectivity index (χ0n) is 15.1. The number of hydrogen-bond donors (Lipinski definition) is 0. The number of quaternary nitrogens is 1. The van der Waals surface area contributed by atoms with Crippen LogP contribution in [0, 0.1) is 0 Å². The van der Waals surface area contributed by atoms with E-state index < -0.39 is 0 Å². The molecule has 23 heavy (non-hydrogen) atoms. The zero-order chi connectivity index (χ0) is 16.8. The van der Waals surface area contributed by atoms with Crippen molar-refractivity contribution in [1.82, 2.24) is 0 Å². The number of rotatable bonds is 8. The maximum Gasteiger partial charge on any atom is 0.333 e. The van der Waals surface area contributed by atoms with E-state index in [-0.39, 0.29) is 18.4 Å². The van der Waals surface area contributed by atoms with Crippen molar-refractivity contribution in [3.05, 3.63) is 47.5 Å². The molecule has 0 aliphatic heterocycles. The smallest absolute Gasteiger partial charge is 0.333 e. The van der Waals surface area contributed by atoms with Crippen LogP contribution in [-0.4, -0.2) is 37.7 Å². The van der Waals surface area contributed by atoms with Crippen molar-refractivity contribution in [2.45, 2.75) is 39.7 Å². The molecule has 0 aromatic heterocycles. The van der Waals surface area contributed by atoms with Crippen LogP contribution < -0.4 is 12.4 Å². The Kier molecular flexibility index (Phi) is 9.18. The maximum absolute atomic E-state index is 11.4. The van der Waals surface area contributed by atoms with Gasteiger partial charge in [0.05, 0.1) is 14.1 Å². The van der Waals surface area contributed by atoms with Crippen LogP contribution in [0.5, 0.6) is 0 Å². The number of esters is 1. The molecule has 0 N–H and O–H groups in total. The fourth-order valence-electron chi connectivity index (χ4n) is 2.27. The number of carbonyl (C=O) groups is 1. The molecule has 0 radical (unpaired) electrons. The summed E-state index contributed by atoms with van der Waals surface area (Å²) in [5.74, 6) is 0.302. The van der Waals surface area contributed by atoms with E-state index in [9.17, 15) is 4.79 Å². The molecule has 0 spiro atoms.